The van der Waals surface area contributed by atoms with Crippen molar-refractivity contribution in [1.29, 1.82) is 0 Å². The smallest absolute Gasteiger partial charge is 0.322 e. The molecule has 0 radical (unpaired) electrons. The summed E-state index contributed by atoms with van der Waals surface area (Å²) in [6, 6.07) is 10.4. The Morgan fingerprint density at radius 3 is 2.35 bits per heavy atom. The lowest BCUT2D eigenvalue weighted by atomic mass is 10.00. The molecule has 122 valence electrons. The molecule has 0 saturated heterocycles. The summed E-state index contributed by atoms with van der Waals surface area (Å²) in [5.74, 6) is -0.504. The van der Waals surface area contributed by atoms with E-state index in [4.69, 9.17) is 0 Å². The van der Waals surface area contributed by atoms with Crippen molar-refractivity contribution in [2.45, 2.75) is 32.9 Å². The van der Waals surface area contributed by atoms with E-state index < -0.39 is 17.6 Å². The fraction of sp³-hybridized carbons (Fsp3) is 0.278. The Morgan fingerprint density at radius 1 is 1.09 bits per heavy atom. The predicted octanol–water partition coefficient (Wildman–Crippen LogP) is 5.39. The van der Waals surface area contributed by atoms with Crippen LogP contribution in [0.3, 0.4) is 0 Å². The molecule has 2 rings (SSSR count). The number of benzene rings is 2. The Bertz CT molecular complexity index is 720. The zero-order chi connectivity index (χ0) is 17.2. The Morgan fingerprint density at radius 2 is 1.74 bits per heavy atom. The molecule has 2 aromatic carbocycles. The van der Waals surface area contributed by atoms with Crippen molar-refractivity contribution in [3.8, 4) is 0 Å². The van der Waals surface area contributed by atoms with Gasteiger partial charge in [-0.3, -0.25) is 4.79 Å². The van der Waals surface area contributed by atoms with Crippen molar-refractivity contribution in [2.75, 3.05) is 5.32 Å². The predicted molar refractivity (Wildman–Crippen MR) is 84.7 cm³/mol. The van der Waals surface area contributed by atoms with E-state index in [0.717, 1.165) is 17.2 Å². The maximum absolute atomic E-state index is 13.0. The molecule has 23 heavy (non-hydrogen) atoms. The number of amides is 1. The molecule has 1 N–H and O–H groups in total. The number of anilines is 1. The molecule has 0 aliphatic rings. The maximum atomic E-state index is 13.0. The van der Waals surface area contributed by atoms with Crippen LogP contribution in [0.15, 0.2) is 42.5 Å². The minimum atomic E-state index is -4.57. The second-order valence-electron chi connectivity index (χ2n) is 5.73. The van der Waals surface area contributed by atoms with Crippen LogP contribution in [0, 0.1) is 6.92 Å². The lowest BCUT2D eigenvalue weighted by Crippen LogP contribution is -2.19. The van der Waals surface area contributed by atoms with E-state index in [1.165, 1.54) is 18.2 Å². The third kappa shape index (κ3) is 3.92. The molecule has 2 nitrogen and oxygen atoms in total. The third-order valence-electron chi connectivity index (χ3n) is 3.65. The fourth-order valence-electron chi connectivity index (χ4n) is 2.25. The summed E-state index contributed by atoms with van der Waals surface area (Å²) in [6.45, 7) is 5.82. The lowest BCUT2D eigenvalue weighted by Gasteiger charge is -2.15. The summed E-state index contributed by atoms with van der Waals surface area (Å²) in [5, 5.41) is 2.60. The van der Waals surface area contributed by atoms with Crippen molar-refractivity contribution in [3.63, 3.8) is 0 Å². The first-order valence-corrected chi connectivity index (χ1v) is 7.28. The number of alkyl halides is 3. The fourth-order valence-corrected chi connectivity index (χ4v) is 2.25. The van der Waals surface area contributed by atoms with E-state index in [0.29, 0.717) is 5.69 Å². The number of rotatable bonds is 3. The molecule has 0 bridgehead atoms. The third-order valence-corrected chi connectivity index (χ3v) is 3.65. The Hall–Kier alpha value is -2.30. The second kappa shape index (κ2) is 6.44. The van der Waals surface area contributed by atoms with Gasteiger partial charge in [-0.05, 0) is 42.2 Å². The van der Waals surface area contributed by atoms with E-state index >= 15 is 0 Å². The Labute approximate surface area is 133 Å². The topological polar surface area (TPSA) is 29.1 Å². The summed E-state index contributed by atoms with van der Waals surface area (Å²) < 4.78 is 39.1. The van der Waals surface area contributed by atoms with Gasteiger partial charge in [0.05, 0.1) is 11.1 Å². The Balaban J connectivity index is 2.36. The molecule has 0 spiro atoms. The zero-order valence-corrected chi connectivity index (χ0v) is 13.2. The van der Waals surface area contributed by atoms with Crippen molar-refractivity contribution < 1.29 is 18.0 Å². The number of hydrogen-bond donors (Lipinski definition) is 1. The van der Waals surface area contributed by atoms with E-state index in [1.807, 2.05) is 26.0 Å². The van der Waals surface area contributed by atoms with Crippen LogP contribution in [0.5, 0.6) is 0 Å². The van der Waals surface area contributed by atoms with Crippen molar-refractivity contribution >= 4 is 11.6 Å². The number of carbonyl (C=O) groups excluding carboxylic acids is 1. The maximum Gasteiger partial charge on any atom is 0.417 e. The number of aryl methyl sites for hydroxylation is 1. The van der Waals surface area contributed by atoms with Crippen LogP contribution in [-0.4, -0.2) is 5.91 Å². The summed E-state index contributed by atoms with van der Waals surface area (Å²) >= 11 is 0. The minimum absolute atomic E-state index is 0.258. The molecule has 1 amide bonds. The highest BCUT2D eigenvalue weighted by Crippen LogP contribution is 2.32. The van der Waals surface area contributed by atoms with E-state index in [2.05, 4.69) is 5.32 Å². The molecular formula is C18H18F3NO. The summed E-state index contributed by atoms with van der Waals surface area (Å²) in [5.41, 5.74) is 1.02. The largest absolute Gasteiger partial charge is 0.417 e. The molecule has 0 aromatic heterocycles. The molecule has 0 unspecified atom stereocenters. The molecule has 0 heterocycles. The first kappa shape index (κ1) is 17.1. The highest BCUT2D eigenvalue weighted by molar-refractivity contribution is 6.05. The molecule has 5 heteroatoms. The highest BCUT2D eigenvalue weighted by atomic mass is 19.4. The van der Waals surface area contributed by atoms with Crippen LogP contribution in [-0.2, 0) is 6.18 Å². The van der Waals surface area contributed by atoms with Gasteiger partial charge in [-0.15, -0.1) is 0 Å². The first-order chi connectivity index (χ1) is 10.7. The highest BCUT2D eigenvalue weighted by Gasteiger charge is 2.34. The second-order valence-corrected chi connectivity index (χ2v) is 5.73. The molecule has 0 aliphatic heterocycles. The molecule has 2 aromatic rings. The van der Waals surface area contributed by atoms with Gasteiger partial charge < -0.3 is 5.32 Å². The van der Waals surface area contributed by atoms with Crippen molar-refractivity contribution in [1.82, 2.24) is 0 Å². The van der Waals surface area contributed by atoms with Crippen LogP contribution in [0.1, 0.15) is 46.8 Å². The van der Waals surface area contributed by atoms with E-state index in [1.54, 1.807) is 13.0 Å². The van der Waals surface area contributed by atoms with Crippen LogP contribution in [0.2, 0.25) is 0 Å². The monoisotopic (exact) mass is 321 g/mol. The van der Waals surface area contributed by atoms with Crippen molar-refractivity contribution in [3.05, 3.63) is 64.7 Å². The van der Waals surface area contributed by atoms with Crippen LogP contribution in [0.25, 0.3) is 0 Å². The molecule has 0 fully saturated rings. The van der Waals surface area contributed by atoms with Gasteiger partial charge in [0.2, 0.25) is 0 Å². The number of nitrogens with one attached hydrogen (secondary N) is 1. The van der Waals surface area contributed by atoms with E-state index in [9.17, 15) is 18.0 Å². The van der Waals surface area contributed by atoms with Gasteiger partial charge in [-0.1, -0.05) is 38.1 Å². The van der Waals surface area contributed by atoms with Gasteiger partial charge in [0.25, 0.3) is 5.91 Å². The zero-order valence-electron chi connectivity index (χ0n) is 13.2. The standard InChI is InChI=1S/C18H18F3NO/c1-11(2)13-9-8-12(3)16(10-13)22-17(23)14-6-4-5-7-15(14)18(19,20)21/h4-11H,1-3H3,(H,22,23). The molecule has 0 aliphatic carbocycles. The first-order valence-electron chi connectivity index (χ1n) is 7.28. The molecular weight excluding hydrogens is 303 g/mol. The van der Waals surface area contributed by atoms with E-state index in [-0.39, 0.29) is 11.5 Å². The van der Waals surface area contributed by atoms with Gasteiger partial charge in [0.1, 0.15) is 0 Å². The summed E-state index contributed by atoms with van der Waals surface area (Å²) in [6.07, 6.45) is -4.57. The molecule has 0 atom stereocenters. The van der Waals surface area contributed by atoms with Crippen LogP contribution in [0.4, 0.5) is 18.9 Å². The van der Waals surface area contributed by atoms with Crippen LogP contribution >= 0.6 is 0 Å². The van der Waals surface area contributed by atoms with Crippen molar-refractivity contribution in [2.24, 2.45) is 0 Å². The lowest BCUT2D eigenvalue weighted by molar-refractivity contribution is -0.137. The van der Waals surface area contributed by atoms with Gasteiger partial charge in [-0.2, -0.15) is 13.2 Å². The van der Waals surface area contributed by atoms with Crippen LogP contribution < -0.4 is 5.32 Å². The number of hydrogen-bond acceptors (Lipinski definition) is 1. The minimum Gasteiger partial charge on any atom is -0.322 e. The average molecular weight is 321 g/mol. The quantitative estimate of drug-likeness (QED) is 0.807. The number of halogens is 3. The van der Waals surface area contributed by atoms with Gasteiger partial charge >= 0.3 is 6.18 Å². The van der Waals surface area contributed by atoms with Gasteiger partial charge in [0, 0.05) is 5.69 Å². The average Bonchev–Trinajstić information content (AvgIpc) is 2.48. The summed E-state index contributed by atoms with van der Waals surface area (Å²) in [7, 11) is 0. The SMILES string of the molecule is Cc1ccc(C(C)C)cc1NC(=O)c1ccccc1C(F)(F)F. The Kier molecular flexibility index (Phi) is 4.78. The normalized spacial score (nSPS) is 11.6. The molecule has 0 saturated carbocycles. The number of carbonyl (C=O) groups is 1. The van der Waals surface area contributed by atoms with Gasteiger partial charge in [0.15, 0.2) is 0 Å². The van der Waals surface area contributed by atoms with Gasteiger partial charge in [-0.25, -0.2) is 0 Å². The summed E-state index contributed by atoms with van der Waals surface area (Å²) in [4.78, 5) is 12.3.